The molecule has 0 unspecified atom stereocenters. The Morgan fingerprint density at radius 1 is 1.65 bits per heavy atom. The van der Waals surface area contributed by atoms with E-state index >= 15 is 0 Å². The van der Waals surface area contributed by atoms with Crippen LogP contribution in [0.2, 0.25) is 0 Å². The number of aliphatic imine (C=N–C) groups is 1. The number of benzene rings is 1. The zero-order chi connectivity index (χ0) is 12.7. The van der Waals surface area contributed by atoms with Crippen LogP contribution in [0.5, 0.6) is 5.75 Å². The van der Waals surface area contributed by atoms with Gasteiger partial charge in [-0.05, 0) is 31.4 Å². The van der Waals surface area contributed by atoms with Gasteiger partial charge in [-0.3, -0.25) is 5.32 Å². The Morgan fingerprint density at radius 2 is 2.41 bits per heavy atom. The van der Waals surface area contributed by atoms with Crippen molar-refractivity contribution in [3.8, 4) is 11.9 Å². The Labute approximate surface area is 113 Å². The highest BCUT2D eigenvalue weighted by Crippen LogP contribution is 2.31. The van der Waals surface area contributed by atoms with Crippen LogP contribution in [0.15, 0.2) is 27.7 Å². The molecule has 0 aliphatic rings. The number of hydrogen-bond acceptors (Lipinski definition) is 4. The topological polar surface area (TPSA) is 57.4 Å². The quantitative estimate of drug-likeness (QED) is 0.403. The highest BCUT2D eigenvalue weighted by atomic mass is 79.9. The predicted octanol–water partition coefficient (Wildman–Crippen LogP) is 3.27. The minimum atomic E-state index is 0.534. The molecule has 0 heterocycles. The standard InChI is InChI=1S/C11H12BrN3OS/c1-3-16-10-5-4-8(12)6-9(10)15-11(17-2)14-7-13/h4-6H,3H2,1-2H3,(H,14,15). The molecule has 90 valence electrons. The van der Waals surface area contributed by atoms with Crippen molar-refractivity contribution in [1.29, 1.82) is 5.26 Å². The van der Waals surface area contributed by atoms with Gasteiger partial charge in [-0.2, -0.15) is 5.26 Å². The molecule has 1 rings (SSSR count). The Balaban J connectivity index is 3.10. The third-order valence-electron chi connectivity index (χ3n) is 1.80. The van der Waals surface area contributed by atoms with E-state index in [1.807, 2.05) is 37.6 Å². The summed E-state index contributed by atoms with van der Waals surface area (Å²) < 4.78 is 6.38. The number of nitrogens with zero attached hydrogens (tertiary/aromatic N) is 2. The lowest BCUT2D eigenvalue weighted by atomic mass is 10.3. The van der Waals surface area contributed by atoms with Gasteiger partial charge in [0, 0.05) is 4.47 Å². The van der Waals surface area contributed by atoms with Crippen molar-refractivity contribution in [3.05, 3.63) is 22.7 Å². The van der Waals surface area contributed by atoms with E-state index < -0.39 is 0 Å². The van der Waals surface area contributed by atoms with Gasteiger partial charge in [-0.15, -0.1) is 0 Å². The van der Waals surface area contributed by atoms with Crippen LogP contribution in [0.25, 0.3) is 0 Å². The largest absolute Gasteiger partial charge is 0.492 e. The summed E-state index contributed by atoms with van der Waals surface area (Å²) in [4.78, 5) is 4.34. The lowest BCUT2D eigenvalue weighted by Crippen LogP contribution is -2.12. The number of ether oxygens (including phenoxy) is 1. The van der Waals surface area contributed by atoms with Gasteiger partial charge in [0.25, 0.3) is 0 Å². The van der Waals surface area contributed by atoms with E-state index in [9.17, 15) is 0 Å². The first-order valence-electron chi connectivity index (χ1n) is 4.91. The molecule has 6 heteroatoms. The molecule has 1 N–H and O–H groups in total. The van der Waals surface area contributed by atoms with Gasteiger partial charge in [0.05, 0.1) is 6.61 Å². The van der Waals surface area contributed by atoms with Crippen LogP contribution >= 0.6 is 27.7 Å². The van der Waals surface area contributed by atoms with Gasteiger partial charge in [-0.25, -0.2) is 4.99 Å². The zero-order valence-electron chi connectivity index (χ0n) is 9.53. The first-order valence-corrected chi connectivity index (χ1v) is 6.93. The molecule has 0 aromatic heterocycles. The van der Waals surface area contributed by atoms with Crippen molar-refractivity contribution < 1.29 is 4.74 Å². The molecule has 4 nitrogen and oxygen atoms in total. The van der Waals surface area contributed by atoms with Crippen LogP contribution in [0, 0.1) is 11.5 Å². The van der Waals surface area contributed by atoms with E-state index in [0.29, 0.717) is 23.2 Å². The maximum absolute atomic E-state index is 8.58. The molecular formula is C11H12BrN3OS. The number of halogens is 1. The van der Waals surface area contributed by atoms with Crippen LogP contribution in [-0.4, -0.2) is 18.0 Å². The first-order chi connectivity index (χ1) is 8.21. The van der Waals surface area contributed by atoms with Gasteiger partial charge in [0.1, 0.15) is 11.4 Å². The predicted molar refractivity (Wildman–Crippen MR) is 74.7 cm³/mol. The van der Waals surface area contributed by atoms with E-state index in [1.54, 1.807) is 0 Å². The van der Waals surface area contributed by atoms with Gasteiger partial charge >= 0.3 is 0 Å². The van der Waals surface area contributed by atoms with Gasteiger partial charge in [0.2, 0.25) is 0 Å². The first kappa shape index (κ1) is 13.9. The molecule has 0 aliphatic carbocycles. The molecule has 0 spiro atoms. The number of thioether (sulfide) groups is 1. The summed E-state index contributed by atoms with van der Waals surface area (Å²) in [6.45, 7) is 2.49. The van der Waals surface area contributed by atoms with Crippen LogP contribution in [0.1, 0.15) is 6.92 Å². The third kappa shape index (κ3) is 4.29. The average Bonchev–Trinajstić information content (AvgIpc) is 2.32. The van der Waals surface area contributed by atoms with Gasteiger partial charge in [0.15, 0.2) is 11.4 Å². The summed E-state index contributed by atoms with van der Waals surface area (Å²) in [7, 11) is 0. The molecular weight excluding hydrogens is 302 g/mol. The molecule has 0 amide bonds. The molecule has 0 fully saturated rings. The Morgan fingerprint density at radius 3 is 3.00 bits per heavy atom. The lowest BCUT2D eigenvalue weighted by Gasteiger charge is -2.08. The van der Waals surface area contributed by atoms with Crippen LogP contribution in [0.3, 0.4) is 0 Å². The molecule has 0 saturated heterocycles. The fourth-order valence-electron chi connectivity index (χ4n) is 1.14. The van der Waals surface area contributed by atoms with Gasteiger partial charge < -0.3 is 4.74 Å². The zero-order valence-corrected chi connectivity index (χ0v) is 11.9. The van der Waals surface area contributed by atoms with E-state index in [4.69, 9.17) is 10.00 Å². The lowest BCUT2D eigenvalue weighted by molar-refractivity contribution is 0.341. The summed E-state index contributed by atoms with van der Waals surface area (Å²) in [6, 6.07) is 5.58. The van der Waals surface area contributed by atoms with Crippen molar-refractivity contribution in [2.24, 2.45) is 4.99 Å². The molecule has 1 aromatic carbocycles. The highest BCUT2D eigenvalue weighted by Gasteiger charge is 2.05. The molecule has 1 aromatic rings. The third-order valence-corrected chi connectivity index (χ3v) is 2.87. The maximum Gasteiger partial charge on any atom is 0.183 e. The summed E-state index contributed by atoms with van der Waals surface area (Å²) in [5.74, 6) is 0.696. The number of hydrogen-bond donors (Lipinski definition) is 1. The van der Waals surface area contributed by atoms with Crippen molar-refractivity contribution in [1.82, 2.24) is 5.32 Å². The van der Waals surface area contributed by atoms with Gasteiger partial charge in [-0.1, -0.05) is 27.7 Å². The Hall–Kier alpha value is -1.19. The second-order valence-electron chi connectivity index (χ2n) is 2.90. The number of rotatable bonds is 3. The van der Waals surface area contributed by atoms with Crippen molar-refractivity contribution in [2.45, 2.75) is 6.92 Å². The van der Waals surface area contributed by atoms with Crippen molar-refractivity contribution in [3.63, 3.8) is 0 Å². The Kier molecular flexibility index (Phi) is 5.87. The summed E-state index contributed by atoms with van der Waals surface area (Å²) in [5, 5.41) is 11.6. The fourth-order valence-corrected chi connectivity index (χ4v) is 1.82. The van der Waals surface area contributed by atoms with E-state index in [1.165, 1.54) is 11.8 Å². The second kappa shape index (κ2) is 7.20. The summed E-state index contributed by atoms with van der Waals surface area (Å²) >= 11 is 4.75. The highest BCUT2D eigenvalue weighted by molar-refractivity contribution is 9.10. The van der Waals surface area contributed by atoms with Crippen LogP contribution in [0.4, 0.5) is 5.69 Å². The Bertz CT molecular complexity index is 457. The fraction of sp³-hybridized carbons (Fsp3) is 0.273. The second-order valence-corrected chi connectivity index (χ2v) is 4.61. The number of nitriles is 1. The van der Waals surface area contributed by atoms with Crippen LogP contribution in [-0.2, 0) is 0 Å². The van der Waals surface area contributed by atoms with E-state index in [2.05, 4.69) is 26.2 Å². The van der Waals surface area contributed by atoms with Crippen LogP contribution < -0.4 is 10.1 Å². The monoisotopic (exact) mass is 313 g/mol. The average molecular weight is 314 g/mol. The van der Waals surface area contributed by atoms with E-state index in [0.717, 1.165) is 4.47 Å². The normalized spacial score (nSPS) is 10.8. The SMILES string of the molecule is CCOc1ccc(Br)cc1N=C(NC#N)SC. The summed E-state index contributed by atoms with van der Waals surface area (Å²) in [5.41, 5.74) is 0.688. The minimum Gasteiger partial charge on any atom is -0.492 e. The van der Waals surface area contributed by atoms with Crippen molar-refractivity contribution in [2.75, 3.05) is 12.9 Å². The molecule has 0 radical (unpaired) electrons. The van der Waals surface area contributed by atoms with Crippen molar-refractivity contribution >= 4 is 38.5 Å². The maximum atomic E-state index is 8.58. The molecule has 17 heavy (non-hydrogen) atoms. The molecule has 0 saturated carbocycles. The summed E-state index contributed by atoms with van der Waals surface area (Å²) in [6.07, 6.45) is 3.70. The number of nitrogens with one attached hydrogen (secondary N) is 1. The van der Waals surface area contributed by atoms with E-state index in [-0.39, 0.29) is 0 Å². The molecule has 0 atom stereocenters. The minimum absolute atomic E-state index is 0.534. The molecule has 0 bridgehead atoms. The number of amidine groups is 1. The molecule has 0 aliphatic heterocycles. The smallest absolute Gasteiger partial charge is 0.183 e.